The van der Waals surface area contributed by atoms with Crippen LogP contribution < -0.4 is 10.1 Å². The highest BCUT2D eigenvalue weighted by atomic mass is 16.6. The van der Waals surface area contributed by atoms with Crippen molar-refractivity contribution in [1.29, 1.82) is 0 Å². The van der Waals surface area contributed by atoms with Crippen molar-refractivity contribution in [1.82, 2.24) is 0 Å². The fraction of sp³-hybridized carbons (Fsp3) is 0.562. The van der Waals surface area contributed by atoms with Gasteiger partial charge in [-0.3, -0.25) is 10.1 Å². The van der Waals surface area contributed by atoms with Crippen molar-refractivity contribution < 1.29 is 24.5 Å². The Morgan fingerprint density at radius 1 is 1.30 bits per heavy atom. The van der Waals surface area contributed by atoms with Gasteiger partial charge in [-0.25, -0.2) is 4.79 Å². The Balaban J connectivity index is 1.83. The van der Waals surface area contributed by atoms with Crippen LogP contribution in [0.15, 0.2) is 24.3 Å². The quantitative estimate of drug-likeness (QED) is 0.483. The van der Waals surface area contributed by atoms with Crippen molar-refractivity contribution in [2.24, 2.45) is 5.92 Å². The smallest absolute Gasteiger partial charge is 0.344 e. The Hall–Kier alpha value is -2.15. The van der Waals surface area contributed by atoms with Crippen LogP contribution in [0.3, 0.4) is 0 Å². The number of carbonyl (C=O) groups excluding carboxylic acids is 1. The van der Waals surface area contributed by atoms with Gasteiger partial charge >= 0.3 is 5.97 Å². The first-order valence-electron chi connectivity index (χ1n) is 7.79. The maximum absolute atomic E-state index is 12.0. The Kier molecular flexibility index (Phi) is 5.54. The van der Waals surface area contributed by atoms with Gasteiger partial charge in [0.15, 0.2) is 6.61 Å². The van der Waals surface area contributed by atoms with Crippen LogP contribution in [0.25, 0.3) is 0 Å². The van der Waals surface area contributed by atoms with E-state index in [0.717, 1.165) is 25.9 Å². The molecule has 2 rings (SSSR count). The number of non-ortho nitro benzene ring substituents is 1. The summed E-state index contributed by atoms with van der Waals surface area (Å²) in [6.45, 7) is 5.79. The molecule has 0 aromatic heterocycles. The lowest BCUT2D eigenvalue weighted by Gasteiger charge is -2.35. The summed E-state index contributed by atoms with van der Waals surface area (Å²) < 4.78 is 10.9. The molecule has 1 fully saturated rings. The SMILES string of the molecule is CC(C)(OC(=O)COc1ccc([N+](=O)[O-])cc1)C1CC[NH2+]CC1. The minimum absolute atomic E-state index is 0.0184. The van der Waals surface area contributed by atoms with Gasteiger partial charge in [0.2, 0.25) is 0 Å². The second-order valence-corrected chi connectivity index (χ2v) is 6.26. The van der Waals surface area contributed by atoms with Crippen molar-refractivity contribution in [3.05, 3.63) is 34.4 Å². The zero-order chi connectivity index (χ0) is 16.9. The van der Waals surface area contributed by atoms with Crippen molar-refractivity contribution in [2.75, 3.05) is 19.7 Å². The van der Waals surface area contributed by atoms with Gasteiger partial charge in [-0.15, -0.1) is 0 Å². The van der Waals surface area contributed by atoms with Gasteiger partial charge in [0.25, 0.3) is 5.69 Å². The topological polar surface area (TPSA) is 95.3 Å². The first kappa shape index (κ1) is 17.2. The summed E-state index contributed by atoms with van der Waals surface area (Å²) in [5.74, 6) is 0.330. The number of nitrogens with zero attached hydrogens (tertiary/aromatic N) is 1. The number of hydrogen-bond donors (Lipinski definition) is 1. The van der Waals surface area contributed by atoms with Gasteiger partial charge in [-0.1, -0.05) is 0 Å². The zero-order valence-corrected chi connectivity index (χ0v) is 13.5. The van der Waals surface area contributed by atoms with E-state index in [2.05, 4.69) is 5.32 Å². The highest BCUT2D eigenvalue weighted by Gasteiger charge is 2.35. The molecule has 23 heavy (non-hydrogen) atoms. The molecule has 0 radical (unpaired) electrons. The third-order valence-corrected chi connectivity index (χ3v) is 4.20. The fourth-order valence-corrected chi connectivity index (χ4v) is 2.83. The highest BCUT2D eigenvalue weighted by Crippen LogP contribution is 2.28. The molecule has 1 aromatic rings. The molecule has 0 amide bonds. The predicted octanol–water partition coefficient (Wildman–Crippen LogP) is 1.27. The standard InChI is InChI=1S/C16H22N2O5/c1-16(2,12-7-9-17-10-8-12)23-15(19)11-22-14-5-3-13(4-6-14)18(20)21/h3-6,12,17H,7-11H2,1-2H3/p+1. The molecule has 7 heteroatoms. The second kappa shape index (κ2) is 7.41. The number of piperidine rings is 1. The van der Waals surface area contributed by atoms with Gasteiger partial charge in [-0.05, 0) is 26.0 Å². The Labute approximate surface area is 135 Å². The van der Waals surface area contributed by atoms with Gasteiger partial charge in [0.05, 0.1) is 18.0 Å². The molecular weight excluding hydrogens is 300 g/mol. The molecule has 0 bridgehead atoms. The van der Waals surface area contributed by atoms with Crippen molar-refractivity contribution in [2.45, 2.75) is 32.3 Å². The fourth-order valence-electron chi connectivity index (χ4n) is 2.83. The van der Waals surface area contributed by atoms with Crippen LogP contribution in [0, 0.1) is 16.0 Å². The molecule has 2 N–H and O–H groups in total. The summed E-state index contributed by atoms with van der Waals surface area (Å²) in [6.07, 6.45) is 2.06. The summed E-state index contributed by atoms with van der Waals surface area (Å²) in [5.41, 5.74) is -0.528. The van der Waals surface area contributed by atoms with E-state index in [1.165, 1.54) is 24.3 Å². The molecule has 1 aliphatic heterocycles. The first-order valence-corrected chi connectivity index (χ1v) is 7.79. The number of nitrogens with two attached hydrogens (primary N) is 1. The van der Waals surface area contributed by atoms with E-state index in [-0.39, 0.29) is 12.3 Å². The van der Waals surface area contributed by atoms with Gasteiger partial charge in [-0.2, -0.15) is 0 Å². The summed E-state index contributed by atoms with van der Waals surface area (Å²) >= 11 is 0. The molecule has 0 atom stereocenters. The van der Waals surface area contributed by atoms with Crippen molar-refractivity contribution >= 4 is 11.7 Å². The van der Waals surface area contributed by atoms with E-state index in [9.17, 15) is 14.9 Å². The highest BCUT2D eigenvalue weighted by molar-refractivity contribution is 5.71. The maximum atomic E-state index is 12.0. The number of ether oxygens (including phenoxy) is 2. The van der Waals surface area contributed by atoms with Crippen LogP contribution in [0.2, 0.25) is 0 Å². The molecule has 7 nitrogen and oxygen atoms in total. The van der Waals surface area contributed by atoms with E-state index in [1.807, 2.05) is 13.8 Å². The molecule has 1 saturated heterocycles. The number of nitro groups is 1. The summed E-state index contributed by atoms with van der Waals surface area (Å²) in [6, 6.07) is 5.60. The van der Waals surface area contributed by atoms with Crippen LogP contribution in [-0.4, -0.2) is 36.2 Å². The van der Waals surface area contributed by atoms with E-state index < -0.39 is 16.5 Å². The lowest BCUT2D eigenvalue weighted by molar-refractivity contribution is -0.665. The molecule has 0 spiro atoms. The lowest BCUT2D eigenvalue weighted by atomic mass is 9.83. The average molecular weight is 323 g/mol. The van der Waals surface area contributed by atoms with Crippen molar-refractivity contribution in [3.63, 3.8) is 0 Å². The summed E-state index contributed by atoms with van der Waals surface area (Å²) in [5, 5.41) is 12.8. The monoisotopic (exact) mass is 323 g/mol. The van der Waals surface area contributed by atoms with Crippen LogP contribution >= 0.6 is 0 Å². The number of hydrogen-bond acceptors (Lipinski definition) is 5. The number of benzene rings is 1. The molecular formula is C16H23N2O5+. The molecule has 1 aromatic carbocycles. The van der Waals surface area contributed by atoms with Crippen molar-refractivity contribution in [3.8, 4) is 5.75 Å². The second-order valence-electron chi connectivity index (χ2n) is 6.26. The summed E-state index contributed by atoms with van der Waals surface area (Å²) in [4.78, 5) is 22.1. The van der Waals surface area contributed by atoms with Crippen LogP contribution in [0.5, 0.6) is 5.75 Å². The molecule has 126 valence electrons. The third-order valence-electron chi connectivity index (χ3n) is 4.20. The summed E-state index contributed by atoms with van der Waals surface area (Å²) in [7, 11) is 0. The van der Waals surface area contributed by atoms with E-state index in [4.69, 9.17) is 9.47 Å². The zero-order valence-electron chi connectivity index (χ0n) is 13.5. The van der Waals surface area contributed by atoms with E-state index in [0.29, 0.717) is 11.7 Å². The molecule has 1 aliphatic rings. The Morgan fingerprint density at radius 2 is 1.91 bits per heavy atom. The molecule has 1 heterocycles. The number of rotatable bonds is 6. The maximum Gasteiger partial charge on any atom is 0.344 e. The average Bonchev–Trinajstić information content (AvgIpc) is 2.54. The number of esters is 1. The Morgan fingerprint density at radius 3 is 2.48 bits per heavy atom. The largest absolute Gasteiger partial charge is 0.482 e. The number of carbonyl (C=O) groups is 1. The third kappa shape index (κ3) is 4.92. The molecule has 0 aliphatic carbocycles. The van der Waals surface area contributed by atoms with Crippen LogP contribution in [-0.2, 0) is 9.53 Å². The predicted molar refractivity (Wildman–Crippen MR) is 83.1 cm³/mol. The number of quaternary nitrogens is 1. The van der Waals surface area contributed by atoms with Gasteiger partial charge in [0, 0.05) is 30.9 Å². The van der Waals surface area contributed by atoms with E-state index >= 15 is 0 Å². The minimum atomic E-state index is -0.510. The minimum Gasteiger partial charge on any atom is -0.482 e. The van der Waals surface area contributed by atoms with E-state index in [1.54, 1.807) is 0 Å². The van der Waals surface area contributed by atoms with Gasteiger partial charge < -0.3 is 14.8 Å². The van der Waals surface area contributed by atoms with Crippen LogP contribution in [0.1, 0.15) is 26.7 Å². The first-order chi connectivity index (χ1) is 10.9. The normalized spacial score (nSPS) is 15.9. The van der Waals surface area contributed by atoms with Crippen LogP contribution in [0.4, 0.5) is 5.69 Å². The van der Waals surface area contributed by atoms with Gasteiger partial charge in [0.1, 0.15) is 11.4 Å². The number of nitro benzene ring substituents is 1. The molecule has 0 unspecified atom stereocenters. The lowest BCUT2D eigenvalue weighted by Crippen LogP contribution is -2.86. The molecule has 0 saturated carbocycles. The Bertz CT molecular complexity index is 550.